The summed E-state index contributed by atoms with van der Waals surface area (Å²) in [5, 5.41) is 2.77. The Labute approximate surface area is 178 Å². The number of pyridine rings is 1. The van der Waals surface area contributed by atoms with Gasteiger partial charge in [-0.05, 0) is 43.5 Å². The Hall–Kier alpha value is -1.58. The summed E-state index contributed by atoms with van der Waals surface area (Å²) in [5.74, 6) is 1.30. The molecule has 0 aliphatic carbocycles. The van der Waals surface area contributed by atoms with Crippen molar-refractivity contribution < 1.29 is 18.8 Å². The van der Waals surface area contributed by atoms with Crippen molar-refractivity contribution in [2.75, 3.05) is 22.5 Å². The molecule has 0 saturated carbocycles. The summed E-state index contributed by atoms with van der Waals surface area (Å²) in [6.07, 6.45) is 2.19. The first-order valence-corrected chi connectivity index (χ1v) is 14.0. The highest BCUT2D eigenvalue weighted by atomic mass is 32.2. The van der Waals surface area contributed by atoms with E-state index in [4.69, 9.17) is 9.16 Å². The van der Waals surface area contributed by atoms with Gasteiger partial charge in [-0.25, -0.2) is 9.78 Å². The van der Waals surface area contributed by atoms with Crippen molar-refractivity contribution in [2.45, 2.75) is 70.2 Å². The van der Waals surface area contributed by atoms with E-state index in [1.165, 1.54) is 11.8 Å². The number of thioether (sulfide) groups is 1. The molecule has 0 spiro atoms. The first kappa shape index (κ1) is 22.1. The Kier molecular flexibility index (Phi) is 6.90. The van der Waals surface area contributed by atoms with Crippen molar-refractivity contribution in [1.29, 1.82) is 0 Å². The Morgan fingerprint density at radius 1 is 1.38 bits per heavy atom. The van der Waals surface area contributed by atoms with E-state index in [0.29, 0.717) is 23.9 Å². The van der Waals surface area contributed by atoms with Crippen molar-refractivity contribution >= 4 is 44.4 Å². The number of ether oxygens (including phenoxy) is 1. The van der Waals surface area contributed by atoms with Crippen molar-refractivity contribution in [2.24, 2.45) is 5.41 Å². The molecular formula is C20H31N3O4SSi. The number of carbonyl (C=O) groups excluding carboxylic acids is 2. The fourth-order valence-corrected chi connectivity index (χ4v) is 5.26. The first-order valence-electron chi connectivity index (χ1n) is 10.2. The average molecular weight is 438 g/mol. The number of fused-ring (bicyclic) bond motifs is 1. The molecule has 160 valence electrons. The number of aromatic nitrogens is 1. The molecule has 2 aliphatic rings. The minimum Gasteiger partial charge on any atom is -0.441 e. The Bertz CT molecular complexity index is 769. The van der Waals surface area contributed by atoms with Crippen molar-refractivity contribution in [3.8, 4) is 0 Å². The molecule has 1 aromatic rings. The minimum atomic E-state index is -1.28. The summed E-state index contributed by atoms with van der Waals surface area (Å²) in [5.41, 5.74) is 0.272. The third-order valence-electron chi connectivity index (χ3n) is 4.85. The number of cyclic esters (lactones) is 1. The summed E-state index contributed by atoms with van der Waals surface area (Å²) in [6.45, 7) is 11.4. The summed E-state index contributed by atoms with van der Waals surface area (Å²) in [7, 11) is -1.28. The molecule has 1 saturated heterocycles. The molecule has 3 heterocycles. The quantitative estimate of drug-likeness (QED) is 0.649. The van der Waals surface area contributed by atoms with Gasteiger partial charge in [-0.1, -0.05) is 27.2 Å². The minimum absolute atomic E-state index is 0.0803. The second-order valence-corrected chi connectivity index (χ2v) is 12.4. The first-order chi connectivity index (χ1) is 13.6. The molecule has 9 heteroatoms. The van der Waals surface area contributed by atoms with Crippen LogP contribution in [0.5, 0.6) is 0 Å². The zero-order chi connectivity index (χ0) is 21.2. The molecule has 1 fully saturated rings. The summed E-state index contributed by atoms with van der Waals surface area (Å²) in [4.78, 5) is 31.1. The van der Waals surface area contributed by atoms with Crippen LogP contribution in [0.1, 0.15) is 40.0 Å². The molecule has 0 radical (unpaired) electrons. The van der Waals surface area contributed by atoms with Gasteiger partial charge in [0.2, 0.25) is 5.91 Å². The van der Waals surface area contributed by atoms with Crippen LogP contribution in [0.3, 0.4) is 0 Å². The van der Waals surface area contributed by atoms with E-state index >= 15 is 0 Å². The number of amides is 2. The van der Waals surface area contributed by atoms with Crippen LogP contribution in [-0.2, 0) is 14.0 Å². The normalized spacial score (nSPS) is 20.5. The highest BCUT2D eigenvalue weighted by Gasteiger charge is 2.39. The van der Waals surface area contributed by atoms with Gasteiger partial charge in [-0.2, -0.15) is 0 Å². The van der Waals surface area contributed by atoms with Crippen LogP contribution in [0.15, 0.2) is 17.0 Å². The fraction of sp³-hybridized carbons (Fsp3) is 0.650. The number of nitrogens with zero attached hydrogens (tertiary/aromatic N) is 2. The van der Waals surface area contributed by atoms with Gasteiger partial charge < -0.3 is 14.5 Å². The zero-order valence-electron chi connectivity index (χ0n) is 17.9. The fourth-order valence-electron chi connectivity index (χ4n) is 3.49. The van der Waals surface area contributed by atoms with E-state index in [1.54, 1.807) is 11.0 Å². The topological polar surface area (TPSA) is 80.8 Å². The number of anilines is 2. The van der Waals surface area contributed by atoms with Gasteiger partial charge in [0.15, 0.2) is 9.04 Å². The SMILES string of the molecule is C[SiH](C)OC(CCCC(C)(C)C)[C@H]1CN(c2ccc3c(n2)NC(=O)CS3)C(=O)O1. The van der Waals surface area contributed by atoms with E-state index in [-0.39, 0.29) is 23.5 Å². The Morgan fingerprint density at radius 2 is 2.14 bits per heavy atom. The van der Waals surface area contributed by atoms with Crippen LogP contribution >= 0.6 is 11.8 Å². The second kappa shape index (κ2) is 9.05. The van der Waals surface area contributed by atoms with E-state index in [1.807, 2.05) is 6.07 Å². The third-order valence-corrected chi connectivity index (χ3v) is 6.79. The van der Waals surface area contributed by atoms with Gasteiger partial charge >= 0.3 is 6.09 Å². The van der Waals surface area contributed by atoms with Crippen LogP contribution < -0.4 is 10.2 Å². The lowest BCUT2D eigenvalue weighted by Crippen LogP contribution is -2.36. The predicted molar refractivity (Wildman–Crippen MR) is 118 cm³/mol. The molecule has 3 rings (SSSR count). The van der Waals surface area contributed by atoms with Gasteiger partial charge in [-0.3, -0.25) is 9.69 Å². The third kappa shape index (κ3) is 5.96. The van der Waals surface area contributed by atoms with Gasteiger partial charge in [0, 0.05) is 0 Å². The molecular weight excluding hydrogens is 406 g/mol. The number of hydrogen-bond acceptors (Lipinski definition) is 6. The van der Waals surface area contributed by atoms with Crippen LogP contribution in [0.25, 0.3) is 0 Å². The molecule has 1 unspecified atom stereocenters. The number of nitrogens with one attached hydrogen (secondary N) is 1. The van der Waals surface area contributed by atoms with Crippen LogP contribution in [-0.4, -0.2) is 50.5 Å². The molecule has 2 amide bonds. The standard InChI is InChI=1S/C20H31N3O4SSi/c1-20(2,3)10-6-7-13(27-29(4)5)14-11-23(19(25)26-14)16-9-8-15-18(21-16)22-17(24)12-28-15/h8-9,13-14,29H,6-7,10-12H2,1-5H3,(H,21,22,24)/t13?,14-/m1/s1. The predicted octanol–water partition coefficient (Wildman–Crippen LogP) is 4.04. The highest BCUT2D eigenvalue weighted by molar-refractivity contribution is 8.00. The Balaban J connectivity index is 1.70. The van der Waals surface area contributed by atoms with Gasteiger partial charge in [-0.15, -0.1) is 11.8 Å². The lowest BCUT2D eigenvalue weighted by molar-refractivity contribution is -0.113. The van der Waals surface area contributed by atoms with Crippen LogP contribution in [0.2, 0.25) is 13.1 Å². The maximum absolute atomic E-state index is 12.6. The van der Waals surface area contributed by atoms with E-state index in [0.717, 1.165) is 24.2 Å². The molecule has 0 bridgehead atoms. The van der Waals surface area contributed by atoms with Crippen LogP contribution in [0, 0.1) is 5.41 Å². The molecule has 7 nitrogen and oxygen atoms in total. The summed E-state index contributed by atoms with van der Waals surface area (Å²) >= 11 is 1.45. The summed E-state index contributed by atoms with van der Waals surface area (Å²) < 4.78 is 11.9. The largest absolute Gasteiger partial charge is 0.441 e. The van der Waals surface area contributed by atoms with Crippen LogP contribution in [0.4, 0.5) is 16.4 Å². The number of rotatable bonds is 7. The van der Waals surface area contributed by atoms with Gasteiger partial charge in [0.05, 0.1) is 23.3 Å². The molecule has 2 atom stereocenters. The highest BCUT2D eigenvalue weighted by Crippen LogP contribution is 2.33. The van der Waals surface area contributed by atoms with Gasteiger partial charge in [0.25, 0.3) is 0 Å². The summed E-state index contributed by atoms with van der Waals surface area (Å²) in [6, 6.07) is 3.69. The molecule has 29 heavy (non-hydrogen) atoms. The van der Waals surface area contributed by atoms with E-state index in [2.05, 4.69) is 44.2 Å². The smallest absolute Gasteiger partial charge is 0.416 e. The number of carbonyl (C=O) groups is 2. The lowest BCUT2D eigenvalue weighted by Gasteiger charge is -2.26. The van der Waals surface area contributed by atoms with Crippen molar-refractivity contribution in [1.82, 2.24) is 4.98 Å². The monoisotopic (exact) mass is 437 g/mol. The molecule has 1 N–H and O–H groups in total. The molecule has 2 aliphatic heterocycles. The van der Waals surface area contributed by atoms with Gasteiger partial charge in [0.1, 0.15) is 17.7 Å². The average Bonchev–Trinajstić information content (AvgIpc) is 3.00. The van der Waals surface area contributed by atoms with E-state index < -0.39 is 15.1 Å². The lowest BCUT2D eigenvalue weighted by atomic mass is 9.89. The Morgan fingerprint density at radius 3 is 2.83 bits per heavy atom. The molecule has 0 aromatic carbocycles. The number of hydrogen-bond donors (Lipinski definition) is 1. The second-order valence-electron chi connectivity index (χ2n) is 9.06. The van der Waals surface area contributed by atoms with E-state index in [9.17, 15) is 9.59 Å². The maximum Gasteiger partial charge on any atom is 0.416 e. The zero-order valence-corrected chi connectivity index (χ0v) is 19.8. The maximum atomic E-state index is 12.6. The van der Waals surface area contributed by atoms with Crippen molar-refractivity contribution in [3.05, 3.63) is 12.1 Å². The molecule has 1 aromatic heterocycles. The van der Waals surface area contributed by atoms with Crippen molar-refractivity contribution in [3.63, 3.8) is 0 Å².